The first-order chi connectivity index (χ1) is 7.09. The van der Waals surface area contributed by atoms with Crippen molar-refractivity contribution in [2.75, 3.05) is 0 Å². The Bertz CT molecular complexity index is 472. The molecule has 0 unspecified atom stereocenters. The first-order valence-corrected chi connectivity index (χ1v) is 4.93. The van der Waals surface area contributed by atoms with Crippen LogP contribution in [0.2, 0.25) is 0 Å². The summed E-state index contributed by atoms with van der Waals surface area (Å²) in [5.41, 5.74) is 1.46. The van der Waals surface area contributed by atoms with Crippen molar-refractivity contribution in [3.05, 3.63) is 18.0 Å². The third-order valence-electron chi connectivity index (χ3n) is 3.06. The molecule has 0 aromatic carbocycles. The predicted molar refractivity (Wildman–Crippen MR) is 55.7 cm³/mol. The summed E-state index contributed by atoms with van der Waals surface area (Å²) in [7, 11) is 0. The van der Waals surface area contributed by atoms with E-state index in [4.69, 9.17) is 0 Å². The highest BCUT2D eigenvalue weighted by Gasteiger charge is 2.45. The summed E-state index contributed by atoms with van der Waals surface area (Å²) in [4.78, 5) is 21.2. The second-order valence-electron chi connectivity index (χ2n) is 4.38. The molecule has 0 atom stereocenters. The van der Waals surface area contributed by atoms with E-state index in [1.54, 1.807) is 0 Å². The smallest absolute Gasteiger partial charge is 0.252 e. The SMILES string of the molecule is CC1(C)C(=O)NC2=Nc3cc[nH]c3CN21. The van der Waals surface area contributed by atoms with Crippen LogP contribution in [0.1, 0.15) is 19.5 Å². The summed E-state index contributed by atoms with van der Waals surface area (Å²) >= 11 is 0. The van der Waals surface area contributed by atoms with Crippen molar-refractivity contribution in [1.29, 1.82) is 0 Å². The average Bonchev–Trinajstić information content (AvgIpc) is 2.69. The Balaban J connectivity index is 2.10. The van der Waals surface area contributed by atoms with Gasteiger partial charge in [-0.1, -0.05) is 0 Å². The van der Waals surface area contributed by atoms with Gasteiger partial charge in [-0.05, 0) is 19.9 Å². The van der Waals surface area contributed by atoms with Gasteiger partial charge in [-0.2, -0.15) is 0 Å². The normalized spacial score (nSPS) is 21.9. The zero-order chi connectivity index (χ0) is 10.6. The maximum Gasteiger partial charge on any atom is 0.252 e. The number of fused-ring (bicyclic) bond motifs is 2. The van der Waals surface area contributed by atoms with Crippen molar-refractivity contribution in [3.8, 4) is 0 Å². The summed E-state index contributed by atoms with van der Waals surface area (Å²) in [5, 5.41) is 2.80. The average molecular weight is 204 g/mol. The lowest BCUT2D eigenvalue weighted by Crippen LogP contribution is -2.44. The van der Waals surface area contributed by atoms with Gasteiger partial charge >= 0.3 is 0 Å². The molecule has 5 nitrogen and oxygen atoms in total. The molecule has 15 heavy (non-hydrogen) atoms. The summed E-state index contributed by atoms with van der Waals surface area (Å²) in [6, 6.07) is 1.91. The number of hydrogen-bond donors (Lipinski definition) is 2. The lowest BCUT2D eigenvalue weighted by atomic mass is 10.0. The Morgan fingerprint density at radius 1 is 1.53 bits per heavy atom. The third-order valence-corrected chi connectivity index (χ3v) is 3.06. The van der Waals surface area contributed by atoms with E-state index >= 15 is 0 Å². The maximum atomic E-state index is 11.7. The van der Waals surface area contributed by atoms with Gasteiger partial charge in [0.25, 0.3) is 5.91 Å². The largest absolute Gasteiger partial charge is 0.362 e. The number of guanidine groups is 1. The number of nitrogens with one attached hydrogen (secondary N) is 2. The van der Waals surface area contributed by atoms with Crippen LogP contribution in [-0.4, -0.2) is 27.3 Å². The van der Waals surface area contributed by atoms with E-state index in [0.717, 1.165) is 11.4 Å². The van der Waals surface area contributed by atoms with Crippen LogP contribution in [0.5, 0.6) is 0 Å². The highest BCUT2D eigenvalue weighted by Crippen LogP contribution is 2.31. The molecule has 2 aliphatic heterocycles. The number of rotatable bonds is 0. The second-order valence-corrected chi connectivity index (χ2v) is 4.38. The minimum Gasteiger partial charge on any atom is -0.362 e. The molecule has 78 valence electrons. The monoisotopic (exact) mass is 204 g/mol. The van der Waals surface area contributed by atoms with E-state index in [9.17, 15) is 4.79 Å². The number of carbonyl (C=O) groups excluding carboxylic acids is 1. The van der Waals surface area contributed by atoms with Gasteiger partial charge in [0.15, 0.2) is 0 Å². The van der Waals surface area contributed by atoms with Crippen LogP contribution in [0.3, 0.4) is 0 Å². The zero-order valence-corrected chi connectivity index (χ0v) is 8.66. The Hall–Kier alpha value is -1.78. The minimum atomic E-state index is -0.512. The summed E-state index contributed by atoms with van der Waals surface area (Å²) < 4.78 is 0. The van der Waals surface area contributed by atoms with Gasteiger partial charge in [0.2, 0.25) is 5.96 Å². The Labute approximate surface area is 87.2 Å². The summed E-state index contributed by atoms with van der Waals surface area (Å²) in [6.45, 7) is 4.50. The third kappa shape index (κ3) is 0.973. The first-order valence-electron chi connectivity index (χ1n) is 4.93. The molecule has 0 spiro atoms. The molecule has 3 heterocycles. The molecule has 0 aliphatic carbocycles. The molecule has 5 heteroatoms. The van der Waals surface area contributed by atoms with Crippen LogP contribution in [0, 0.1) is 0 Å². The van der Waals surface area contributed by atoms with E-state index in [-0.39, 0.29) is 5.91 Å². The van der Waals surface area contributed by atoms with Crippen LogP contribution in [0.15, 0.2) is 17.3 Å². The topological polar surface area (TPSA) is 60.5 Å². The number of aromatic nitrogens is 1. The van der Waals surface area contributed by atoms with E-state index in [1.807, 2.05) is 31.0 Å². The molecule has 1 aromatic heterocycles. The standard InChI is InChI=1S/C10H12N4O/c1-10(2)8(15)13-9-12-6-3-4-11-7(6)5-14(9)10/h3-4,11H,5H2,1-2H3,(H,12,13,15). The number of hydrogen-bond acceptors (Lipinski definition) is 3. The highest BCUT2D eigenvalue weighted by molar-refractivity contribution is 6.09. The van der Waals surface area contributed by atoms with Crippen molar-refractivity contribution in [2.24, 2.45) is 4.99 Å². The lowest BCUT2D eigenvalue weighted by Gasteiger charge is -2.31. The van der Waals surface area contributed by atoms with Crippen LogP contribution < -0.4 is 5.32 Å². The van der Waals surface area contributed by atoms with Crippen molar-refractivity contribution in [3.63, 3.8) is 0 Å². The first kappa shape index (κ1) is 8.52. The molecular formula is C10H12N4O. The molecule has 1 fully saturated rings. The molecule has 3 rings (SSSR count). The summed E-state index contributed by atoms with van der Waals surface area (Å²) in [5.74, 6) is 0.670. The quantitative estimate of drug-likeness (QED) is 0.654. The van der Waals surface area contributed by atoms with Gasteiger partial charge in [-0.3, -0.25) is 10.1 Å². The van der Waals surface area contributed by atoms with Gasteiger partial charge in [0.1, 0.15) is 5.54 Å². The Kier molecular flexibility index (Phi) is 1.37. The van der Waals surface area contributed by atoms with E-state index in [0.29, 0.717) is 12.5 Å². The molecule has 1 saturated heterocycles. The lowest BCUT2D eigenvalue weighted by molar-refractivity contribution is -0.125. The summed E-state index contributed by atoms with van der Waals surface area (Å²) in [6.07, 6.45) is 1.87. The van der Waals surface area contributed by atoms with E-state index in [1.165, 1.54) is 0 Å². The van der Waals surface area contributed by atoms with Crippen LogP contribution in [0.4, 0.5) is 5.69 Å². The van der Waals surface area contributed by atoms with E-state index < -0.39 is 5.54 Å². The molecule has 1 amide bonds. The second kappa shape index (κ2) is 2.42. The number of carbonyl (C=O) groups is 1. The molecule has 2 aliphatic rings. The fourth-order valence-electron chi connectivity index (χ4n) is 1.97. The van der Waals surface area contributed by atoms with Gasteiger partial charge in [-0.25, -0.2) is 4.99 Å². The van der Waals surface area contributed by atoms with Crippen LogP contribution >= 0.6 is 0 Å². The number of amides is 1. The fourth-order valence-corrected chi connectivity index (χ4v) is 1.97. The van der Waals surface area contributed by atoms with Gasteiger partial charge in [0, 0.05) is 6.20 Å². The van der Waals surface area contributed by atoms with Crippen LogP contribution in [0.25, 0.3) is 0 Å². The molecular weight excluding hydrogens is 192 g/mol. The molecule has 0 radical (unpaired) electrons. The fraction of sp³-hybridized carbons (Fsp3) is 0.400. The molecule has 2 N–H and O–H groups in total. The van der Waals surface area contributed by atoms with Gasteiger partial charge < -0.3 is 9.88 Å². The molecule has 0 saturated carbocycles. The molecule has 0 bridgehead atoms. The highest BCUT2D eigenvalue weighted by atomic mass is 16.2. The number of aliphatic imine (C=N–C) groups is 1. The maximum absolute atomic E-state index is 11.7. The van der Waals surface area contributed by atoms with Crippen molar-refractivity contribution < 1.29 is 4.79 Å². The minimum absolute atomic E-state index is 0.00593. The van der Waals surface area contributed by atoms with Crippen molar-refractivity contribution >= 4 is 17.6 Å². The Morgan fingerprint density at radius 3 is 3.13 bits per heavy atom. The predicted octanol–water partition coefficient (Wildman–Crippen LogP) is 0.726. The zero-order valence-electron chi connectivity index (χ0n) is 8.66. The van der Waals surface area contributed by atoms with Gasteiger partial charge in [0.05, 0.1) is 17.9 Å². The Morgan fingerprint density at radius 2 is 2.33 bits per heavy atom. The number of nitrogens with zero attached hydrogens (tertiary/aromatic N) is 2. The number of H-pyrrole nitrogens is 1. The number of aromatic amines is 1. The van der Waals surface area contributed by atoms with Crippen molar-refractivity contribution in [1.82, 2.24) is 15.2 Å². The van der Waals surface area contributed by atoms with Crippen molar-refractivity contribution in [2.45, 2.75) is 25.9 Å². The van der Waals surface area contributed by atoms with Gasteiger partial charge in [-0.15, -0.1) is 0 Å². The van der Waals surface area contributed by atoms with Crippen LogP contribution in [-0.2, 0) is 11.3 Å². The molecule has 1 aromatic rings. The van der Waals surface area contributed by atoms with E-state index in [2.05, 4.69) is 15.3 Å².